The van der Waals surface area contributed by atoms with Crippen molar-refractivity contribution in [2.45, 2.75) is 0 Å². The first-order valence-electron chi connectivity index (χ1n) is 5.55. The van der Waals surface area contributed by atoms with Gasteiger partial charge in [-0.05, 0) is 12.1 Å². The number of rotatable bonds is 2. The van der Waals surface area contributed by atoms with Crippen molar-refractivity contribution in [3.8, 4) is 0 Å². The Balaban J connectivity index is -0.000000308. The van der Waals surface area contributed by atoms with Crippen LogP contribution in [0.4, 0.5) is 11.4 Å². The number of carbonyl (C=O) groups is 2. The molecule has 6 nitrogen and oxygen atoms in total. The molecule has 0 saturated carbocycles. The van der Waals surface area contributed by atoms with E-state index in [2.05, 4.69) is 0 Å². The summed E-state index contributed by atoms with van der Waals surface area (Å²) in [5.74, 6) is -2.48. The zero-order valence-corrected chi connectivity index (χ0v) is 13.3. The Hall–Kier alpha value is -1.76. The third kappa shape index (κ3) is 6.03. The first-order chi connectivity index (χ1) is 9.43. The minimum atomic E-state index is -1.24. The van der Waals surface area contributed by atoms with Gasteiger partial charge in [0.2, 0.25) is 0 Å². The predicted octanol–water partition coefficient (Wildman–Crippen LogP) is -0.891. The van der Waals surface area contributed by atoms with E-state index in [1.165, 1.54) is 24.3 Å². The molecule has 0 fully saturated rings. The topological polar surface area (TPSA) is 132 Å². The van der Waals surface area contributed by atoms with Crippen molar-refractivity contribution in [1.82, 2.24) is 0 Å². The zero-order valence-electron chi connectivity index (χ0n) is 13.1. The van der Waals surface area contributed by atoms with Crippen LogP contribution < -0.4 is 21.7 Å². The standard InChI is InChI=1S/2C7H7NO2.Ca.2H/c2*8-6-4-2-1-3-5(6)7(9)10;;;/h2*1-4H,8H2,(H,9,10);;;/q;;+2;2*-1/p-2. The molecule has 0 amide bonds. The van der Waals surface area contributed by atoms with Gasteiger partial charge >= 0.3 is 37.7 Å². The molecule has 108 valence electrons. The SMILES string of the molecule is Nc1ccccc1C(=O)[O-].Nc1ccccc1C(=O)[O-].[Ca+2].[H-].[H-]. The maximum Gasteiger partial charge on any atom is 2.00 e. The summed E-state index contributed by atoms with van der Waals surface area (Å²) in [5, 5.41) is 20.5. The number of anilines is 2. The monoisotopic (exact) mass is 314 g/mol. The Bertz CT molecular complexity index is 586. The van der Waals surface area contributed by atoms with Crippen LogP contribution in [0.2, 0.25) is 0 Å². The Morgan fingerprint density at radius 3 is 1.24 bits per heavy atom. The van der Waals surface area contributed by atoms with Gasteiger partial charge in [0.1, 0.15) is 0 Å². The van der Waals surface area contributed by atoms with E-state index in [1.807, 2.05) is 0 Å². The number of nitrogens with two attached hydrogens (primary N) is 2. The molecule has 0 aliphatic rings. The number of hydrogen-bond acceptors (Lipinski definition) is 6. The first kappa shape index (κ1) is 19.2. The number of hydrogen-bond donors (Lipinski definition) is 2. The van der Waals surface area contributed by atoms with Crippen LogP contribution in [-0.4, -0.2) is 49.7 Å². The van der Waals surface area contributed by atoms with Crippen molar-refractivity contribution in [1.29, 1.82) is 0 Å². The first-order valence-corrected chi connectivity index (χ1v) is 5.55. The van der Waals surface area contributed by atoms with E-state index in [0.29, 0.717) is 0 Å². The van der Waals surface area contributed by atoms with Crippen molar-refractivity contribution >= 4 is 61.1 Å². The van der Waals surface area contributed by atoms with E-state index in [9.17, 15) is 19.8 Å². The third-order valence-electron chi connectivity index (χ3n) is 2.36. The number of carbonyl (C=O) groups excluding carboxylic acids is 2. The summed E-state index contributed by atoms with van der Waals surface area (Å²) in [6.45, 7) is 0. The molecule has 2 aromatic rings. The Labute approximate surface area is 154 Å². The van der Waals surface area contributed by atoms with Gasteiger partial charge in [-0.1, -0.05) is 36.4 Å². The molecule has 0 aromatic heterocycles. The van der Waals surface area contributed by atoms with Gasteiger partial charge in [0.15, 0.2) is 0 Å². The molecule has 0 aliphatic carbocycles. The maximum atomic E-state index is 10.2. The molecule has 4 N–H and O–H groups in total. The Kier molecular flexibility index (Phi) is 8.45. The minimum Gasteiger partial charge on any atom is -1.00 e. The quantitative estimate of drug-likeness (QED) is 0.546. The number of para-hydroxylation sites is 2. The molecule has 0 radical (unpaired) electrons. The summed E-state index contributed by atoms with van der Waals surface area (Å²) < 4.78 is 0. The second-order valence-electron chi connectivity index (χ2n) is 3.75. The number of carboxylic acid groups (broad SMARTS) is 2. The van der Waals surface area contributed by atoms with Crippen molar-refractivity contribution < 1.29 is 22.7 Å². The average Bonchev–Trinajstić information content (AvgIpc) is 2.40. The largest absolute Gasteiger partial charge is 2.00 e. The van der Waals surface area contributed by atoms with Gasteiger partial charge in [0, 0.05) is 22.5 Å². The second-order valence-corrected chi connectivity index (χ2v) is 3.75. The number of benzene rings is 2. The van der Waals surface area contributed by atoms with Gasteiger partial charge in [0.05, 0.1) is 11.9 Å². The van der Waals surface area contributed by atoms with Crippen LogP contribution in [0.25, 0.3) is 0 Å². The van der Waals surface area contributed by atoms with Crippen molar-refractivity contribution in [3.63, 3.8) is 0 Å². The summed E-state index contributed by atoms with van der Waals surface area (Å²) in [5.41, 5.74) is 11.2. The number of aromatic carboxylic acids is 2. The van der Waals surface area contributed by atoms with E-state index >= 15 is 0 Å². The molecule has 0 saturated heterocycles. The normalized spacial score (nSPS) is 8.76. The summed E-state index contributed by atoms with van der Waals surface area (Å²) >= 11 is 0. The van der Waals surface area contributed by atoms with Gasteiger partial charge in [-0.25, -0.2) is 0 Å². The zero-order chi connectivity index (χ0) is 15.1. The molecule has 0 heterocycles. The van der Waals surface area contributed by atoms with Gasteiger partial charge in [0.25, 0.3) is 0 Å². The van der Waals surface area contributed by atoms with Gasteiger partial charge in [-0.3, -0.25) is 0 Å². The molecular weight excluding hydrogens is 300 g/mol. The van der Waals surface area contributed by atoms with Crippen molar-refractivity contribution in [3.05, 3.63) is 59.7 Å². The van der Waals surface area contributed by atoms with Gasteiger partial charge in [-0.2, -0.15) is 0 Å². The van der Waals surface area contributed by atoms with Gasteiger partial charge < -0.3 is 34.1 Å². The molecular formula is C14H14CaN2O4-2. The molecule has 7 heteroatoms. The van der Waals surface area contributed by atoms with E-state index in [4.69, 9.17) is 11.5 Å². The van der Waals surface area contributed by atoms with E-state index < -0.39 is 11.9 Å². The fraction of sp³-hybridized carbons (Fsp3) is 0. The van der Waals surface area contributed by atoms with Gasteiger partial charge in [-0.15, -0.1) is 0 Å². The van der Waals surface area contributed by atoms with Crippen molar-refractivity contribution in [2.24, 2.45) is 0 Å². The van der Waals surface area contributed by atoms with Crippen LogP contribution in [0.3, 0.4) is 0 Å². The minimum absolute atomic E-state index is 0. The molecule has 21 heavy (non-hydrogen) atoms. The molecule has 0 spiro atoms. The smallest absolute Gasteiger partial charge is 1.00 e. The number of carboxylic acids is 2. The molecule has 0 aliphatic heterocycles. The van der Waals surface area contributed by atoms with E-state index in [-0.39, 0.29) is 63.1 Å². The fourth-order valence-corrected chi connectivity index (χ4v) is 1.37. The summed E-state index contributed by atoms with van der Waals surface area (Å²) in [4.78, 5) is 20.5. The van der Waals surface area contributed by atoms with E-state index in [0.717, 1.165) is 0 Å². The van der Waals surface area contributed by atoms with Crippen LogP contribution in [0.5, 0.6) is 0 Å². The molecule has 0 atom stereocenters. The summed E-state index contributed by atoms with van der Waals surface area (Å²) in [6.07, 6.45) is 0. The van der Waals surface area contributed by atoms with Crippen LogP contribution in [0, 0.1) is 0 Å². The molecule has 0 bridgehead atoms. The third-order valence-corrected chi connectivity index (χ3v) is 2.36. The fourth-order valence-electron chi connectivity index (χ4n) is 1.37. The average molecular weight is 314 g/mol. The van der Waals surface area contributed by atoms with Crippen LogP contribution >= 0.6 is 0 Å². The number of nitrogen functional groups attached to an aromatic ring is 2. The Morgan fingerprint density at radius 2 is 1.05 bits per heavy atom. The summed E-state index contributed by atoms with van der Waals surface area (Å²) in [6, 6.07) is 12.4. The van der Waals surface area contributed by atoms with Crippen molar-refractivity contribution in [2.75, 3.05) is 11.5 Å². The Morgan fingerprint density at radius 1 is 0.762 bits per heavy atom. The molecule has 2 rings (SSSR count). The molecule has 0 unspecified atom stereocenters. The summed E-state index contributed by atoms with van der Waals surface area (Å²) in [7, 11) is 0. The van der Waals surface area contributed by atoms with E-state index in [1.54, 1.807) is 24.3 Å². The predicted molar refractivity (Wildman–Crippen MR) is 78.3 cm³/mol. The molecule has 2 aromatic carbocycles. The second kappa shape index (κ2) is 9.23. The maximum absolute atomic E-state index is 10.2. The van der Waals surface area contributed by atoms with Crippen LogP contribution in [-0.2, 0) is 0 Å². The van der Waals surface area contributed by atoms with Crippen LogP contribution in [0.15, 0.2) is 48.5 Å². The van der Waals surface area contributed by atoms with Crippen LogP contribution in [0.1, 0.15) is 23.6 Å².